The summed E-state index contributed by atoms with van der Waals surface area (Å²) in [5, 5.41) is 7.45. The monoisotopic (exact) mass is 418 g/mol. The van der Waals surface area contributed by atoms with E-state index < -0.39 is 0 Å². The van der Waals surface area contributed by atoms with E-state index in [2.05, 4.69) is 34.9 Å². The third-order valence-electron chi connectivity index (χ3n) is 6.87. The van der Waals surface area contributed by atoms with Crippen LogP contribution in [-0.4, -0.2) is 48.4 Å². The first-order chi connectivity index (χ1) is 15.2. The van der Waals surface area contributed by atoms with Crippen molar-refractivity contribution in [1.29, 1.82) is 0 Å². The van der Waals surface area contributed by atoms with E-state index in [1.807, 2.05) is 29.2 Å². The Bertz CT molecular complexity index is 981. The van der Waals surface area contributed by atoms with E-state index in [4.69, 9.17) is 9.73 Å². The van der Waals surface area contributed by atoms with Crippen LogP contribution in [0.5, 0.6) is 5.75 Å². The van der Waals surface area contributed by atoms with Crippen LogP contribution in [0, 0.1) is 0 Å². The van der Waals surface area contributed by atoms with Gasteiger partial charge in [0.1, 0.15) is 11.6 Å². The first-order valence-electron chi connectivity index (χ1n) is 11.3. The van der Waals surface area contributed by atoms with Crippen molar-refractivity contribution in [3.63, 3.8) is 0 Å². The van der Waals surface area contributed by atoms with E-state index in [0.717, 1.165) is 43.1 Å². The number of amidine groups is 1. The summed E-state index contributed by atoms with van der Waals surface area (Å²) in [5.74, 6) is 1.81. The number of hydrogen-bond acceptors (Lipinski definition) is 4. The second kappa shape index (κ2) is 8.35. The molecule has 2 N–H and O–H groups in total. The molecule has 1 saturated heterocycles. The predicted molar refractivity (Wildman–Crippen MR) is 123 cm³/mol. The number of benzene rings is 2. The summed E-state index contributed by atoms with van der Waals surface area (Å²) in [6.07, 6.45) is 5.65. The summed E-state index contributed by atoms with van der Waals surface area (Å²) in [6, 6.07) is 16.1. The summed E-state index contributed by atoms with van der Waals surface area (Å²) < 4.78 is 5.23. The number of carbonyl (C=O) groups is 1. The molecule has 1 atom stereocenters. The number of fused-ring (bicyclic) bond motifs is 1. The van der Waals surface area contributed by atoms with Gasteiger partial charge in [-0.05, 0) is 55.2 Å². The maximum Gasteiger partial charge on any atom is 0.253 e. The van der Waals surface area contributed by atoms with Crippen molar-refractivity contribution in [2.45, 2.75) is 50.2 Å². The Balaban J connectivity index is 1.42. The average Bonchev–Trinajstić information content (AvgIpc) is 3.45. The molecule has 2 heterocycles. The van der Waals surface area contributed by atoms with Gasteiger partial charge in [0.05, 0.1) is 18.7 Å². The molecule has 0 bridgehead atoms. The van der Waals surface area contributed by atoms with Crippen molar-refractivity contribution < 1.29 is 9.53 Å². The van der Waals surface area contributed by atoms with E-state index >= 15 is 0 Å². The summed E-state index contributed by atoms with van der Waals surface area (Å²) in [7, 11) is 1.63. The van der Waals surface area contributed by atoms with E-state index in [0.29, 0.717) is 24.7 Å². The first kappa shape index (κ1) is 20.1. The molecule has 1 unspecified atom stereocenters. The van der Waals surface area contributed by atoms with Crippen molar-refractivity contribution in [3.8, 4) is 5.75 Å². The van der Waals surface area contributed by atoms with Gasteiger partial charge in [0, 0.05) is 30.9 Å². The molecule has 2 aromatic rings. The van der Waals surface area contributed by atoms with Crippen LogP contribution in [0.2, 0.25) is 0 Å². The molecule has 6 nitrogen and oxygen atoms in total. The zero-order valence-corrected chi connectivity index (χ0v) is 18.1. The molecule has 1 saturated carbocycles. The number of amides is 1. The third kappa shape index (κ3) is 3.92. The van der Waals surface area contributed by atoms with Gasteiger partial charge in [0.25, 0.3) is 5.91 Å². The normalized spacial score (nSPS) is 24.8. The molecule has 5 rings (SSSR count). The van der Waals surface area contributed by atoms with E-state index in [-0.39, 0.29) is 11.4 Å². The van der Waals surface area contributed by atoms with Crippen molar-refractivity contribution in [3.05, 3.63) is 59.7 Å². The smallest absolute Gasteiger partial charge is 0.253 e. The highest BCUT2D eigenvalue weighted by atomic mass is 16.5. The molecule has 1 aliphatic carbocycles. The highest BCUT2D eigenvalue weighted by Gasteiger charge is 2.45. The summed E-state index contributed by atoms with van der Waals surface area (Å²) in [4.78, 5) is 20.4. The second-order valence-electron chi connectivity index (χ2n) is 8.84. The summed E-state index contributed by atoms with van der Waals surface area (Å²) >= 11 is 0. The van der Waals surface area contributed by atoms with Crippen LogP contribution in [-0.2, 0) is 6.54 Å². The molecule has 1 spiro atoms. The SMILES string of the molecule is COc1ccc(C(=O)N2CCC3(C2)NCc2ccccc2NC3=NC2CCCC2)cc1. The number of para-hydroxylation sites is 1. The van der Waals surface area contributed by atoms with Gasteiger partial charge in [-0.1, -0.05) is 31.0 Å². The molecule has 2 aliphatic heterocycles. The van der Waals surface area contributed by atoms with Crippen molar-refractivity contribution in [2.75, 3.05) is 25.5 Å². The van der Waals surface area contributed by atoms with Gasteiger partial charge in [-0.25, -0.2) is 0 Å². The van der Waals surface area contributed by atoms with Gasteiger partial charge >= 0.3 is 0 Å². The lowest BCUT2D eigenvalue weighted by molar-refractivity contribution is 0.0786. The quantitative estimate of drug-likeness (QED) is 0.795. The van der Waals surface area contributed by atoms with Gasteiger partial charge in [-0.3, -0.25) is 15.1 Å². The van der Waals surface area contributed by atoms with Crippen LogP contribution < -0.4 is 15.4 Å². The van der Waals surface area contributed by atoms with Crippen molar-refractivity contribution >= 4 is 17.4 Å². The standard InChI is InChI=1S/C25H30N4O2/c1-31-21-12-10-18(11-13-21)23(30)29-15-14-25(17-29)24(27-20-7-3-4-8-20)28-22-9-5-2-6-19(22)16-26-25/h2,5-6,9-13,20,26H,3-4,7-8,14-17H2,1H3,(H,27,28). The van der Waals surface area contributed by atoms with Crippen molar-refractivity contribution in [1.82, 2.24) is 10.2 Å². The second-order valence-corrected chi connectivity index (χ2v) is 8.84. The highest BCUT2D eigenvalue weighted by molar-refractivity contribution is 6.05. The Hall–Kier alpha value is -2.86. The number of hydrogen-bond donors (Lipinski definition) is 2. The lowest BCUT2D eigenvalue weighted by atomic mass is 9.96. The van der Waals surface area contributed by atoms with Gasteiger partial charge in [-0.2, -0.15) is 0 Å². The Morgan fingerprint density at radius 2 is 1.90 bits per heavy atom. The summed E-state index contributed by atoms with van der Waals surface area (Å²) in [5.41, 5.74) is 2.70. The fraction of sp³-hybridized carbons (Fsp3) is 0.440. The van der Waals surface area contributed by atoms with Crippen LogP contribution in [0.15, 0.2) is 53.5 Å². The minimum Gasteiger partial charge on any atom is -0.497 e. The number of aliphatic imine (C=N–C) groups is 1. The zero-order valence-electron chi connectivity index (χ0n) is 18.1. The molecule has 162 valence electrons. The van der Waals surface area contributed by atoms with Crippen LogP contribution in [0.4, 0.5) is 5.69 Å². The molecule has 2 fully saturated rings. The van der Waals surface area contributed by atoms with Gasteiger partial charge in [0.15, 0.2) is 0 Å². The van der Waals surface area contributed by atoms with Gasteiger partial charge in [0.2, 0.25) is 0 Å². The molecule has 0 aromatic heterocycles. The van der Waals surface area contributed by atoms with Crippen molar-refractivity contribution in [2.24, 2.45) is 4.99 Å². The lowest BCUT2D eigenvalue weighted by Crippen LogP contribution is -2.55. The predicted octanol–water partition coefficient (Wildman–Crippen LogP) is 3.84. The minimum atomic E-state index is -0.344. The third-order valence-corrected chi connectivity index (χ3v) is 6.87. The van der Waals surface area contributed by atoms with Crippen LogP contribution in [0.25, 0.3) is 0 Å². The molecule has 31 heavy (non-hydrogen) atoms. The molecular weight excluding hydrogens is 388 g/mol. The Kier molecular flexibility index (Phi) is 5.40. The zero-order chi connectivity index (χ0) is 21.3. The topological polar surface area (TPSA) is 66.0 Å². The fourth-order valence-electron chi connectivity index (χ4n) is 5.00. The van der Waals surface area contributed by atoms with Gasteiger partial charge < -0.3 is 15.0 Å². The Morgan fingerprint density at radius 3 is 2.68 bits per heavy atom. The Labute approximate surface area is 183 Å². The van der Waals surface area contributed by atoms with Crippen LogP contribution >= 0.6 is 0 Å². The molecule has 6 heteroatoms. The molecule has 1 amide bonds. The average molecular weight is 419 g/mol. The number of nitrogens with one attached hydrogen (secondary N) is 2. The van der Waals surface area contributed by atoms with E-state index in [9.17, 15) is 4.79 Å². The fourth-order valence-corrected chi connectivity index (χ4v) is 5.00. The molecule has 3 aliphatic rings. The Morgan fingerprint density at radius 1 is 1.13 bits per heavy atom. The van der Waals surface area contributed by atoms with Crippen LogP contribution in [0.1, 0.15) is 48.0 Å². The first-order valence-corrected chi connectivity index (χ1v) is 11.3. The van der Waals surface area contributed by atoms with Gasteiger partial charge in [-0.15, -0.1) is 0 Å². The molecular formula is C25H30N4O2. The minimum absolute atomic E-state index is 0.0586. The number of rotatable bonds is 3. The maximum atomic E-state index is 13.2. The largest absolute Gasteiger partial charge is 0.497 e. The number of methoxy groups -OCH3 is 1. The molecule has 0 radical (unpaired) electrons. The summed E-state index contributed by atoms with van der Waals surface area (Å²) in [6.45, 7) is 2.08. The van der Waals surface area contributed by atoms with Crippen LogP contribution in [0.3, 0.4) is 0 Å². The van der Waals surface area contributed by atoms with E-state index in [1.54, 1.807) is 7.11 Å². The number of nitrogens with zero attached hydrogens (tertiary/aromatic N) is 2. The number of likely N-dealkylation sites (tertiary alicyclic amines) is 1. The lowest BCUT2D eigenvalue weighted by Gasteiger charge is -2.31. The number of ether oxygens (including phenoxy) is 1. The highest BCUT2D eigenvalue weighted by Crippen LogP contribution is 2.32. The maximum absolute atomic E-state index is 13.2. The molecule has 2 aromatic carbocycles. The van der Waals surface area contributed by atoms with E-state index in [1.165, 1.54) is 18.4 Å². The number of carbonyl (C=O) groups excluding carboxylic acids is 1. The number of anilines is 1.